The monoisotopic (exact) mass is 443 g/mol. The number of hydrogen-bond donors (Lipinski definition) is 1. The highest BCUT2D eigenvalue weighted by Gasteiger charge is 2.23. The molecule has 0 radical (unpaired) electrons. The number of anilines is 1. The number of thiophene rings is 1. The van der Waals surface area contributed by atoms with Crippen molar-refractivity contribution in [1.82, 2.24) is 0 Å². The lowest BCUT2D eigenvalue weighted by molar-refractivity contribution is -0.115. The molecule has 1 heterocycles. The van der Waals surface area contributed by atoms with Crippen LogP contribution in [0, 0.1) is 0 Å². The Labute approximate surface area is 184 Å². The molecule has 0 spiro atoms. The third-order valence-electron chi connectivity index (χ3n) is 4.28. The van der Waals surface area contributed by atoms with Gasteiger partial charge in [-0.2, -0.15) is 0 Å². The van der Waals surface area contributed by atoms with Crippen LogP contribution in [0.5, 0.6) is 5.75 Å². The van der Waals surface area contributed by atoms with Crippen LogP contribution in [0.2, 0.25) is 5.02 Å². The van der Waals surface area contributed by atoms with Crippen molar-refractivity contribution in [3.63, 3.8) is 0 Å². The van der Waals surface area contributed by atoms with Crippen molar-refractivity contribution >= 4 is 39.8 Å². The lowest BCUT2D eigenvalue weighted by Crippen LogP contribution is -2.16. The van der Waals surface area contributed by atoms with E-state index >= 15 is 0 Å². The summed E-state index contributed by atoms with van der Waals surface area (Å²) in [6.07, 6.45) is 0.176. The van der Waals surface area contributed by atoms with Crippen LogP contribution in [0.3, 0.4) is 0 Å². The van der Waals surface area contributed by atoms with Crippen molar-refractivity contribution in [2.45, 2.75) is 20.3 Å². The number of esters is 1. The summed E-state index contributed by atoms with van der Waals surface area (Å²) in [5.41, 5.74) is 2.74. The molecule has 1 aromatic heterocycles. The summed E-state index contributed by atoms with van der Waals surface area (Å²) >= 11 is 7.19. The molecular weight excluding hydrogens is 422 g/mol. The van der Waals surface area contributed by atoms with Gasteiger partial charge in [0.1, 0.15) is 16.3 Å². The van der Waals surface area contributed by atoms with Crippen LogP contribution in [0.15, 0.2) is 53.9 Å². The number of halogens is 1. The van der Waals surface area contributed by atoms with Gasteiger partial charge in [0.2, 0.25) is 5.91 Å². The minimum absolute atomic E-state index is 0.176. The first-order valence-corrected chi connectivity index (χ1v) is 10.8. The predicted molar refractivity (Wildman–Crippen MR) is 121 cm³/mol. The summed E-state index contributed by atoms with van der Waals surface area (Å²) in [5.74, 6) is 0.0676. The highest BCUT2D eigenvalue weighted by Crippen LogP contribution is 2.37. The molecule has 0 bridgehead atoms. The second-order valence-corrected chi connectivity index (χ2v) is 7.70. The van der Waals surface area contributed by atoms with Gasteiger partial charge in [0.05, 0.1) is 19.6 Å². The zero-order chi connectivity index (χ0) is 21.5. The van der Waals surface area contributed by atoms with Crippen molar-refractivity contribution in [2.24, 2.45) is 0 Å². The van der Waals surface area contributed by atoms with E-state index in [1.165, 1.54) is 11.3 Å². The molecule has 1 amide bonds. The molecule has 0 saturated carbocycles. The van der Waals surface area contributed by atoms with E-state index in [2.05, 4.69) is 5.32 Å². The lowest BCUT2D eigenvalue weighted by Gasteiger charge is -2.10. The molecule has 3 rings (SSSR count). The number of amides is 1. The molecule has 0 aliphatic rings. The molecule has 5 nitrogen and oxygen atoms in total. The predicted octanol–water partition coefficient (Wildman–Crippen LogP) is 5.83. The molecule has 0 unspecified atom stereocenters. The number of benzene rings is 2. The highest BCUT2D eigenvalue weighted by molar-refractivity contribution is 7.15. The standard InChI is InChI=1S/C23H22ClNO4S/c1-3-28-18-11-7-16(8-12-18)19-14-30-22(21(19)23(27)29-4-2)25-20(26)13-15-5-9-17(24)10-6-15/h5-12,14H,3-4,13H2,1-2H3,(H,25,26). The normalized spacial score (nSPS) is 10.5. The molecule has 30 heavy (non-hydrogen) atoms. The first-order valence-electron chi connectivity index (χ1n) is 9.58. The molecule has 0 atom stereocenters. The highest BCUT2D eigenvalue weighted by atomic mass is 35.5. The molecule has 7 heteroatoms. The topological polar surface area (TPSA) is 64.6 Å². The fraction of sp³-hybridized carbons (Fsp3) is 0.217. The number of nitrogens with one attached hydrogen (secondary N) is 1. The van der Waals surface area contributed by atoms with Crippen LogP contribution in [-0.4, -0.2) is 25.1 Å². The first-order chi connectivity index (χ1) is 14.5. The summed E-state index contributed by atoms with van der Waals surface area (Å²) < 4.78 is 10.7. The number of rotatable bonds is 8. The van der Waals surface area contributed by atoms with E-state index in [1.807, 2.05) is 36.6 Å². The fourth-order valence-corrected chi connectivity index (χ4v) is 4.02. The van der Waals surface area contributed by atoms with Crippen molar-refractivity contribution in [1.29, 1.82) is 0 Å². The number of hydrogen-bond acceptors (Lipinski definition) is 5. The SMILES string of the molecule is CCOC(=O)c1c(-c2ccc(OCC)cc2)csc1NC(=O)Cc1ccc(Cl)cc1. The van der Waals surface area contributed by atoms with E-state index < -0.39 is 5.97 Å². The van der Waals surface area contributed by atoms with Gasteiger partial charge in [0.15, 0.2) is 0 Å². The zero-order valence-electron chi connectivity index (χ0n) is 16.7. The van der Waals surface area contributed by atoms with Crippen LogP contribution >= 0.6 is 22.9 Å². The minimum atomic E-state index is -0.468. The number of carbonyl (C=O) groups excluding carboxylic acids is 2. The summed E-state index contributed by atoms with van der Waals surface area (Å²) in [7, 11) is 0. The van der Waals surface area contributed by atoms with E-state index in [0.29, 0.717) is 27.8 Å². The van der Waals surface area contributed by atoms with Gasteiger partial charge in [-0.3, -0.25) is 4.79 Å². The van der Waals surface area contributed by atoms with Gasteiger partial charge in [0, 0.05) is 16.0 Å². The van der Waals surface area contributed by atoms with Gasteiger partial charge in [-0.25, -0.2) is 4.79 Å². The maximum Gasteiger partial charge on any atom is 0.341 e. The Hall–Kier alpha value is -2.83. The maximum absolute atomic E-state index is 12.7. The molecule has 1 N–H and O–H groups in total. The summed E-state index contributed by atoms with van der Waals surface area (Å²) in [6, 6.07) is 14.5. The van der Waals surface area contributed by atoms with Gasteiger partial charge in [0.25, 0.3) is 0 Å². The van der Waals surface area contributed by atoms with Crippen molar-refractivity contribution in [3.05, 3.63) is 70.1 Å². The van der Waals surface area contributed by atoms with E-state index in [0.717, 1.165) is 16.9 Å². The third kappa shape index (κ3) is 5.40. The molecule has 0 fully saturated rings. The first kappa shape index (κ1) is 21.9. The summed E-state index contributed by atoms with van der Waals surface area (Å²) in [6.45, 7) is 4.50. The van der Waals surface area contributed by atoms with Gasteiger partial charge in [-0.1, -0.05) is 35.9 Å². The van der Waals surface area contributed by atoms with Gasteiger partial charge in [-0.05, 0) is 49.2 Å². The molecule has 0 saturated heterocycles. The molecule has 0 aliphatic heterocycles. The maximum atomic E-state index is 12.7. The van der Waals surface area contributed by atoms with Crippen molar-refractivity contribution < 1.29 is 19.1 Å². The molecule has 3 aromatic rings. The average molecular weight is 444 g/mol. The van der Waals surface area contributed by atoms with E-state index in [9.17, 15) is 9.59 Å². The van der Waals surface area contributed by atoms with Crippen LogP contribution in [0.25, 0.3) is 11.1 Å². The Morgan fingerprint density at radius 2 is 1.70 bits per heavy atom. The second-order valence-electron chi connectivity index (χ2n) is 6.38. The van der Waals surface area contributed by atoms with E-state index in [1.54, 1.807) is 31.2 Å². The Morgan fingerprint density at radius 1 is 1.00 bits per heavy atom. The third-order valence-corrected chi connectivity index (χ3v) is 5.43. The van der Waals surface area contributed by atoms with Crippen molar-refractivity contribution in [3.8, 4) is 16.9 Å². The summed E-state index contributed by atoms with van der Waals surface area (Å²) in [5, 5.41) is 5.78. The van der Waals surface area contributed by atoms with E-state index in [4.69, 9.17) is 21.1 Å². The average Bonchev–Trinajstić information content (AvgIpc) is 3.14. The summed E-state index contributed by atoms with van der Waals surface area (Å²) in [4.78, 5) is 25.2. The smallest absolute Gasteiger partial charge is 0.341 e. The van der Waals surface area contributed by atoms with E-state index in [-0.39, 0.29) is 18.9 Å². The Balaban J connectivity index is 1.85. The Morgan fingerprint density at radius 3 is 2.33 bits per heavy atom. The van der Waals surface area contributed by atoms with Gasteiger partial charge in [-0.15, -0.1) is 11.3 Å². The molecular formula is C23H22ClNO4S. The minimum Gasteiger partial charge on any atom is -0.494 e. The molecule has 0 aliphatic carbocycles. The fourth-order valence-electron chi connectivity index (χ4n) is 2.92. The largest absolute Gasteiger partial charge is 0.494 e. The second kappa shape index (κ2) is 10.3. The van der Waals surface area contributed by atoms with Crippen LogP contribution in [0.1, 0.15) is 29.8 Å². The quantitative estimate of drug-likeness (QED) is 0.445. The molecule has 156 valence electrons. The van der Waals surface area contributed by atoms with Gasteiger partial charge < -0.3 is 14.8 Å². The molecule has 2 aromatic carbocycles. The Kier molecular flexibility index (Phi) is 7.49. The van der Waals surface area contributed by atoms with Crippen molar-refractivity contribution in [2.75, 3.05) is 18.5 Å². The lowest BCUT2D eigenvalue weighted by atomic mass is 10.0. The van der Waals surface area contributed by atoms with Crippen LogP contribution < -0.4 is 10.1 Å². The van der Waals surface area contributed by atoms with Crippen LogP contribution in [0.4, 0.5) is 5.00 Å². The van der Waals surface area contributed by atoms with Gasteiger partial charge >= 0.3 is 5.97 Å². The van der Waals surface area contributed by atoms with Crippen LogP contribution in [-0.2, 0) is 16.0 Å². The Bertz CT molecular complexity index is 1010. The number of carbonyl (C=O) groups is 2. The number of ether oxygens (including phenoxy) is 2. The zero-order valence-corrected chi connectivity index (χ0v) is 18.3.